The van der Waals surface area contributed by atoms with E-state index in [4.69, 9.17) is 4.74 Å². The molecule has 2 aliphatic rings. The molecule has 1 fully saturated rings. The molecule has 8 heteroatoms. The minimum absolute atomic E-state index is 0.0298. The maximum absolute atomic E-state index is 12.6. The fraction of sp³-hybridized carbons (Fsp3) is 0.600. The number of nitrogens with zero attached hydrogens (tertiary/aromatic N) is 3. The lowest BCUT2D eigenvalue weighted by Crippen LogP contribution is -2.38. The van der Waals surface area contributed by atoms with Gasteiger partial charge in [-0.1, -0.05) is 0 Å². The first-order valence-electron chi connectivity index (χ1n) is 9.74. The molecule has 0 saturated carbocycles. The van der Waals surface area contributed by atoms with Crippen molar-refractivity contribution in [3.05, 3.63) is 29.8 Å². The number of likely N-dealkylation sites (tertiary alicyclic amines) is 1. The van der Waals surface area contributed by atoms with Gasteiger partial charge in [-0.15, -0.1) is 0 Å². The van der Waals surface area contributed by atoms with Crippen LogP contribution in [-0.4, -0.2) is 60.0 Å². The zero-order valence-electron chi connectivity index (χ0n) is 16.0. The highest BCUT2D eigenvalue weighted by Crippen LogP contribution is 2.23. The van der Waals surface area contributed by atoms with Gasteiger partial charge in [-0.25, -0.2) is 5.01 Å². The molecule has 1 aromatic rings. The van der Waals surface area contributed by atoms with Crippen LogP contribution in [0.1, 0.15) is 44.6 Å². The van der Waals surface area contributed by atoms with Gasteiger partial charge < -0.3 is 9.64 Å². The van der Waals surface area contributed by atoms with E-state index >= 15 is 0 Å². The van der Waals surface area contributed by atoms with Crippen LogP contribution in [0.2, 0.25) is 0 Å². The van der Waals surface area contributed by atoms with Gasteiger partial charge in [0.25, 0.3) is 0 Å². The summed E-state index contributed by atoms with van der Waals surface area (Å²) in [6.45, 7) is 3.71. The third-order valence-electron chi connectivity index (χ3n) is 5.17. The molecule has 5 nitrogen and oxygen atoms in total. The van der Waals surface area contributed by atoms with Crippen molar-refractivity contribution in [3.8, 4) is 5.75 Å². The monoisotopic (exact) mass is 397 g/mol. The molecule has 154 valence electrons. The topological polar surface area (TPSA) is 45.1 Å². The van der Waals surface area contributed by atoms with Crippen molar-refractivity contribution in [2.45, 2.75) is 51.2 Å². The van der Waals surface area contributed by atoms with Gasteiger partial charge >= 0.3 is 6.18 Å². The molecular weight excluding hydrogens is 371 g/mol. The van der Waals surface area contributed by atoms with Crippen LogP contribution in [0.4, 0.5) is 13.2 Å². The van der Waals surface area contributed by atoms with E-state index in [1.54, 1.807) is 24.3 Å². The lowest BCUT2D eigenvalue weighted by Gasteiger charge is -2.24. The van der Waals surface area contributed by atoms with E-state index < -0.39 is 18.6 Å². The predicted molar refractivity (Wildman–Crippen MR) is 100 cm³/mol. The number of hydrogen-bond acceptors (Lipinski definition) is 4. The molecule has 0 aliphatic carbocycles. The van der Waals surface area contributed by atoms with Gasteiger partial charge in [-0.2, -0.15) is 18.3 Å². The summed E-state index contributed by atoms with van der Waals surface area (Å²) in [5.41, 5.74) is 1.19. The molecule has 0 bridgehead atoms. The first kappa shape index (κ1) is 20.6. The van der Waals surface area contributed by atoms with Crippen LogP contribution in [0.5, 0.6) is 5.75 Å². The average molecular weight is 397 g/mol. The van der Waals surface area contributed by atoms with Crippen molar-refractivity contribution >= 4 is 11.6 Å². The Balaban J connectivity index is 1.52. The van der Waals surface area contributed by atoms with Crippen LogP contribution in [0.25, 0.3) is 0 Å². The van der Waals surface area contributed by atoms with Crippen LogP contribution in [0.3, 0.4) is 0 Å². The van der Waals surface area contributed by atoms with Crippen LogP contribution < -0.4 is 4.74 Å². The second kappa shape index (κ2) is 8.94. The summed E-state index contributed by atoms with van der Waals surface area (Å²) in [7, 11) is 0. The van der Waals surface area contributed by atoms with E-state index in [9.17, 15) is 18.0 Å². The van der Waals surface area contributed by atoms with E-state index in [1.165, 1.54) is 12.8 Å². The van der Waals surface area contributed by atoms with Crippen molar-refractivity contribution in [3.63, 3.8) is 0 Å². The van der Waals surface area contributed by atoms with Crippen LogP contribution >= 0.6 is 0 Å². The standard InChI is InChI=1S/C20H26F3N3O2/c1-15-4-2-11-25(15)12-3-13-28-17-7-5-16(6-8-17)18-9-10-19(27)26(24-18)14-20(21,22)23/h5-8,15H,2-4,9-14H2,1H3/t15-/m1/s1. The second-order valence-corrected chi connectivity index (χ2v) is 7.37. The molecule has 0 aromatic heterocycles. The number of carbonyl (C=O) groups is 1. The largest absolute Gasteiger partial charge is 0.494 e. The molecule has 3 rings (SSSR count). The molecule has 1 saturated heterocycles. The van der Waals surface area contributed by atoms with E-state index in [2.05, 4.69) is 16.9 Å². The van der Waals surface area contributed by atoms with Crippen molar-refractivity contribution < 1.29 is 22.7 Å². The average Bonchev–Trinajstić information content (AvgIpc) is 3.05. The Morgan fingerprint density at radius 3 is 2.61 bits per heavy atom. The molecule has 0 radical (unpaired) electrons. The van der Waals surface area contributed by atoms with Gasteiger partial charge in [0.2, 0.25) is 5.91 Å². The first-order valence-corrected chi connectivity index (χ1v) is 9.74. The first-order chi connectivity index (χ1) is 13.3. The van der Waals surface area contributed by atoms with Crippen molar-refractivity contribution in [1.29, 1.82) is 0 Å². The van der Waals surface area contributed by atoms with Crippen molar-refractivity contribution in [2.24, 2.45) is 5.10 Å². The molecule has 0 unspecified atom stereocenters. The maximum Gasteiger partial charge on any atom is 0.408 e. The number of carbonyl (C=O) groups excluding carboxylic acids is 1. The van der Waals surface area contributed by atoms with Gasteiger partial charge in [0.15, 0.2) is 0 Å². The Bertz CT molecular complexity index is 704. The van der Waals surface area contributed by atoms with Crippen LogP contribution in [0, 0.1) is 0 Å². The quantitative estimate of drug-likeness (QED) is 0.657. The SMILES string of the molecule is C[C@@H]1CCCN1CCCOc1ccc(C2=NN(CC(F)(F)F)C(=O)CC2)cc1. The summed E-state index contributed by atoms with van der Waals surface area (Å²) in [6, 6.07) is 7.79. The summed E-state index contributed by atoms with van der Waals surface area (Å²) < 4.78 is 43.5. The van der Waals surface area contributed by atoms with Crippen molar-refractivity contribution in [2.75, 3.05) is 26.2 Å². The minimum atomic E-state index is -4.47. The Kier molecular flexibility index (Phi) is 6.59. The zero-order chi connectivity index (χ0) is 20.1. The number of alkyl halides is 3. The Labute approximate surface area is 163 Å². The normalized spacial score (nSPS) is 21.1. The molecule has 1 aromatic carbocycles. The zero-order valence-corrected chi connectivity index (χ0v) is 16.0. The highest BCUT2D eigenvalue weighted by molar-refractivity contribution is 6.04. The highest BCUT2D eigenvalue weighted by atomic mass is 19.4. The van der Waals surface area contributed by atoms with Crippen LogP contribution in [-0.2, 0) is 4.79 Å². The number of halogens is 3. The van der Waals surface area contributed by atoms with Gasteiger partial charge in [0, 0.05) is 25.4 Å². The molecule has 2 aliphatic heterocycles. The number of hydrogen-bond donors (Lipinski definition) is 0. The van der Waals surface area contributed by atoms with E-state index in [0.29, 0.717) is 35.4 Å². The maximum atomic E-state index is 12.6. The molecule has 2 heterocycles. The van der Waals surface area contributed by atoms with E-state index in [-0.39, 0.29) is 6.42 Å². The fourth-order valence-electron chi connectivity index (χ4n) is 3.63. The number of hydrazone groups is 1. The van der Waals surface area contributed by atoms with Gasteiger partial charge in [0.05, 0.1) is 12.3 Å². The lowest BCUT2D eigenvalue weighted by molar-refractivity contribution is -0.161. The Morgan fingerprint density at radius 1 is 1.21 bits per heavy atom. The summed E-state index contributed by atoms with van der Waals surface area (Å²) in [5.74, 6) is 0.117. The summed E-state index contributed by atoms with van der Waals surface area (Å²) >= 11 is 0. The molecule has 0 N–H and O–H groups in total. The van der Waals surface area contributed by atoms with Crippen LogP contribution in [0.15, 0.2) is 29.4 Å². The van der Waals surface area contributed by atoms with Crippen molar-refractivity contribution in [1.82, 2.24) is 9.91 Å². The summed E-state index contributed by atoms with van der Waals surface area (Å²) in [5, 5.41) is 4.43. The number of benzene rings is 1. The van der Waals surface area contributed by atoms with Gasteiger partial charge in [0.1, 0.15) is 12.3 Å². The van der Waals surface area contributed by atoms with E-state index in [0.717, 1.165) is 25.3 Å². The summed E-state index contributed by atoms with van der Waals surface area (Å²) in [6.07, 6.45) is -0.624. The van der Waals surface area contributed by atoms with E-state index in [1.807, 2.05) is 0 Å². The highest BCUT2D eigenvalue weighted by Gasteiger charge is 2.35. The molecule has 28 heavy (non-hydrogen) atoms. The molecule has 0 spiro atoms. The van der Waals surface area contributed by atoms with Gasteiger partial charge in [-0.3, -0.25) is 4.79 Å². The van der Waals surface area contributed by atoms with Gasteiger partial charge in [-0.05, 0) is 62.6 Å². The molecular formula is C20H26F3N3O2. The molecule has 1 atom stereocenters. The fourth-order valence-corrected chi connectivity index (χ4v) is 3.63. The number of rotatable bonds is 7. The smallest absolute Gasteiger partial charge is 0.408 e. The number of amides is 1. The Hall–Kier alpha value is -2.09. The second-order valence-electron chi connectivity index (χ2n) is 7.37. The number of ether oxygens (including phenoxy) is 1. The minimum Gasteiger partial charge on any atom is -0.494 e. The third-order valence-corrected chi connectivity index (χ3v) is 5.17. The third kappa shape index (κ3) is 5.70. The molecule has 1 amide bonds. The predicted octanol–water partition coefficient (Wildman–Crippen LogP) is 3.83. The summed E-state index contributed by atoms with van der Waals surface area (Å²) in [4.78, 5) is 14.1. The Morgan fingerprint density at radius 2 is 1.96 bits per heavy atom. The lowest BCUT2D eigenvalue weighted by atomic mass is 10.0.